The van der Waals surface area contributed by atoms with Crippen molar-refractivity contribution in [1.82, 2.24) is 5.32 Å². The fraction of sp³-hybridized carbons (Fsp3) is 0.875. The van der Waals surface area contributed by atoms with Gasteiger partial charge < -0.3 is 40.3 Å². The largest absolute Gasteiger partial charge is 0.394 e. The quantitative estimate of drug-likeness (QED) is 0.0261. The molecule has 0 saturated carbocycles. The van der Waals surface area contributed by atoms with Crippen LogP contribution in [0.3, 0.4) is 0 Å². The van der Waals surface area contributed by atoms with Crippen molar-refractivity contribution in [2.75, 3.05) is 13.2 Å². The highest BCUT2D eigenvalue weighted by Crippen LogP contribution is 2.24. The molecule has 0 aromatic rings. The van der Waals surface area contributed by atoms with Crippen molar-refractivity contribution in [3.63, 3.8) is 0 Å². The molecule has 7 unspecified atom stereocenters. The number of aliphatic hydroxyl groups excluding tert-OH is 5. The number of ether oxygens (including phenoxy) is 2. The van der Waals surface area contributed by atoms with Crippen LogP contribution in [0.25, 0.3) is 0 Å². The molecule has 1 amide bonds. The lowest BCUT2D eigenvalue weighted by Gasteiger charge is -2.40. The maximum Gasteiger partial charge on any atom is 0.220 e. The van der Waals surface area contributed by atoms with Gasteiger partial charge in [0.1, 0.15) is 24.4 Å². The Kier molecular flexibility index (Phi) is 58.3. The van der Waals surface area contributed by atoms with E-state index in [1.165, 1.54) is 257 Å². The van der Waals surface area contributed by atoms with Crippen molar-refractivity contribution >= 4 is 5.91 Å². The summed E-state index contributed by atoms with van der Waals surface area (Å²) >= 11 is 0. The zero-order valence-corrected chi connectivity index (χ0v) is 53.3. The third kappa shape index (κ3) is 50.1. The SMILES string of the molecule is CC/C=C\C/C=C\C/C=C\C/C=C\CCCCCCCCCCCCCCCCCCCCCCCCCCCCCCC(=O)NC(COC1OC(CO)C(O)C(O)C1O)C(O)CCCCCCCCCCCCCCCCCCC. The summed E-state index contributed by atoms with van der Waals surface area (Å²) in [5.41, 5.74) is 0. The topological polar surface area (TPSA) is 149 Å². The summed E-state index contributed by atoms with van der Waals surface area (Å²) in [7, 11) is 0. The van der Waals surface area contributed by atoms with Crippen molar-refractivity contribution in [2.45, 2.75) is 391 Å². The summed E-state index contributed by atoms with van der Waals surface area (Å²) in [6, 6.07) is -0.717. The molecule has 1 heterocycles. The Labute approximate surface area is 501 Å². The van der Waals surface area contributed by atoms with Gasteiger partial charge in [0, 0.05) is 6.42 Å². The van der Waals surface area contributed by atoms with Crippen LogP contribution in [0.1, 0.15) is 348 Å². The van der Waals surface area contributed by atoms with Crippen molar-refractivity contribution in [1.29, 1.82) is 0 Å². The molecule has 0 spiro atoms. The van der Waals surface area contributed by atoms with Crippen LogP contribution >= 0.6 is 0 Å². The van der Waals surface area contributed by atoms with Gasteiger partial charge in [-0.2, -0.15) is 0 Å². The average molecular weight is 1140 g/mol. The van der Waals surface area contributed by atoms with E-state index in [9.17, 15) is 30.3 Å². The Bertz CT molecular complexity index is 1420. The third-order valence-corrected chi connectivity index (χ3v) is 16.9. The van der Waals surface area contributed by atoms with Gasteiger partial charge in [0.15, 0.2) is 6.29 Å². The highest BCUT2D eigenvalue weighted by molar-refractivity contribution is 5.76. The van der Waals surface area contributed by atoms with Gasteiger partial charge in [-0.25, -0.2) is 0 Å². The van der Waals surface area contributed by atoms with E-state index in [0.29, 0.717) is 12.8 Å². The molecule has 9 nitrogen and oxygen atoms in total. The average Bonchev–Trinajstić information content (AvgIpc) is 3.49. The van der Waals surface area contributed by atoms with E-state index in [4.69, 9.17) is 9.47 Å². The second-order valence-electron chi connectivity index (χ2n) is 24.7. The summed E-state index contributed by atoms with van der Waals surface area (Å²) in [4.78, 5) is 13.1. The lowest BCUT2D eigenvalue weighted by molar-refractivity contribution is -0.302. The third-order valence-electron chi connectivity index (χ3n) is 16.9. The Morgan fingerprint density at radius 1 is 0.432 bits per heavy atom. The summed E-state index contributed by atoms with van der Waals surface area (Å²) in [5.74, 6) is -0.137. The van der Waals surface area contributed by atoms with Gasteiger partial charge in [0.2, 0.25) is 5.91 Å². The lowest BCUT2D eigenvalue weighted by Crippen LogP contribution is -2.60. The number of carbonyl (C=O) groups excluding carboxylic acids is 1. The van der Waals surface area contributed by atoms with Crippen LogP contribution in [0.5, 0.6) is 0 Å². The zero-order chi connectivity index (χ0) is 58.6. The predicted molar refractivity (Wildman–Crippen MR) is 346 cm³/mol. The number of hydrogen-bond acceptors (Lipinski definition) is 8. The Hall–Kier alpha value is -1.85. The van der Waals surface area contributed by atoms with Crippen molar-refractivity contribution < 1.29 is 39.8 Å². The maximum atomic E-state index is 13.1. The van der Waals surface area contributed by atoms with Crippen molar-refractivity contribution in [2.24, 2.45) is 0 Å². The van der Waals surface area contributed by atoms with Gasteiger partial charge in [-0.05, 0) is 51.4 Å². The van der Waals surface area contributed by atoms with Gasteiger partial charge in [0.05, 0.1) is 25.4 Å². The van der Waals surface area contributed by atoms with E-state index in [0.717, 1.165) is 64.2 Å². The van der Waals surface area contributed by atoms with Crippen LogP contribution in [0, 0.1) is 0 Å². The van der Waals surface area contributed by atoms with Crippen LogP contribution in [-0.4, -0.2) is 87.5 Å². The van der Waals surface area contributed by atoms with Crippen LogP contribution < -0.4 is 5.32 Å². The summed E-state index contributed by atoms with van der Waals surface area (Å²) in [6.07, 6.45) is 76.3. The molecule has 1 saturated heterocycles. The number of aliphatic hydroxyl groups is 5. The van der Waals surface area contributed by atoms with E-state index in [-0.39, 0.29) is 12.5 Å². The minimum Gasteiger partial charge on any atom is -0.394 e. The molecule has 1 aliphatic rings. The highest BCUT2D eigenvalue weighted by Gasteiger charge is 2.44. The fourth-order valence-corrected chi connectivity index (χ4v) is 11.5. The monoisotopic (exact) mass is 1140 g/mol. The minimum atomic E-state index is -1.55. The first-order valence-electron chi connectivity index (χ1n) is 35.3. The van der Waals surface area contributed by atoms with Gasteiger partial charge in [-0.3, -0.25) is 4.79 Å². The number of carbonyl (C=O) groups is 1. The maximum absolute atomic E-state index is 13.1. The minimum absolute atomic E-state index is 0.133. The molecule has 9 heteroatoms. The predicted octanol–water partition coefficient (Wildman–Crippen LogP) is 19.2. The summed E-state index contributed by atoms with van der Waals surface area (Å²) in [6.45, 7) is 3.77. The number of rotatable bonds is 62. The van der Waals surface area contributed by atoms with Gasteiger partial charge in [-0.15, -0.1) is 0 Å². The van der Waals surface area contributed by atoms with E-state index in [1.54, 1.807) is 0 Å². The van der Waals surface area contributed by atoms with E-state index in [2.05, 4.69) is 67.8 Å². The Morgan fingerprint density at radius 2 is 0.765 bits per heavy atom. The number of amides is 1. The van der Waals surface area contributed by atoms with Crippen LogP contribution in [0.15, 0.2) is 48.6 Å². The second kappa shape index (κ2) is 61.2. The van der Waals surface area contributed by atoms with Crippen molar-refractivity contribution in [3.05, 3.63) is 48.6 Å². The van der Waals surface area contributed by atoms with Gasteiger partial charge in [-0.1, -0.05) is 339 Å². The number of unbranched alkanes of at least 4 members (excludes halogenated alkanes) is 44. The molecular weight excluding hydrogens is 1010 g/mol. The summed E-state index contributed by atoms with van der Waals surface area (Å²) in [5, 5.41) is 54.8. The number of allylic oxidation sites excluding steroid dienone is 8. The van der Waals surface area contributed by atoms with E-state index >= 15 is 0 Å². The molecule has 6 N–H and O–H groups in total. The van der Waals surface area contributed by atoms with E-state index in [1.807, 2.05) is 0 Å². The molecule has 0 bridgehead atoms. The van der Waals surface area contributed by atoms with Crippen LogP contribution in [-0.2, 0) is 14.3 Å². The first-order chi connectivity index (χ1) is 39.8. The Balaban J connectivity index is 2.01. The Morgan fingerprint density at radius 3 is 1.14 bits per heavy atom. The van der Waals surface area contributed by atoms with Crippen LogP contribution in [0.2, 0.25) is 0 Å². The number of hydrogen-bond donors (Lipinski definition) is 6. The molecule has 0 aromatic carbocycles. The molecule has 81 heavy (non-hydrogen) atoms. The molecule has 1 rings (SSSR count). The zero-order valence-electron chi connectivity index (χ0n) is 53.3. The molecule has 1 aliphatic heterocycles. The van der Waals surface area contributed by atoms with Crippen LogP contribution in [0.4, 0.5) is 0 Å². The normalized spacial score (nSPS) is 18.6. The summed E-state index contributed by atoms with van der Waals surface area (Å²) < 4.78 is 11.4. The smallest absolute Gasteiger partial charge is 0.220 e. The second-order valence-corrected chi connectivity index (χ2v) is 24.7. The molecule has 0 aromatic heterocycles. The highest BCUT2D eigenvalue weighted by atomic mass is 16.7. The first-order valence-corrected chi connectivity index (χ1v) is 35.3. The van der Waals surface area contributed by atoms with Gasteiger partial charge in [0.25, 0.3) is 0 Å². The van der Waals surface area contributed by atoms with Gasteiger partial charge >= 0.3 is 0 Å². The molecule has 1 fully saturated rings. The lowest BCUT2D eigenvalue weighted by atomic mass is 9.99. The number of nitrogens with one attached hydrogen (secondary N) is 1. The fourth-order valence-electron chi connectivity index (χ4n) is 11.5. The molecule has 7 atom stereocenters. The standard InChI is InChI=1S/C72H135NO8/c1-3-5-7-9-11-13-15-17-19-21-22-23-24-25-26-27-28-29-30-31-32-33-34-35-36-37-38-39-40-41-42-43-44-46-48-50-52-54-56-58-60-62-68(76)73-65(64-80-72-71(79)70(78)69(77)67(63-74)81-72)66(75)61-59-57-55-53-51-49-47-45-20-18-16-14-12-10-8-6-4-2/h5,7,11,13,17,19,22-23,65-67,69-72,74-75,77-79H,3-4,6,8-10,12,14-16,18,20-21,24-64H2,1-2H3,(H,73,76)/b7-5-,13-11-,19-17-,23-22-. The van der Waals surface area contributed by atoms with E-state index < -0.39 is 49.5 Å². The molecule has 0 aliphatic carbocycles. The van der Waals surface area contributed by atoms with Crippen molar-refractivity contribution in [3.8, 4) is 0 Å². The first kappa shape index (κ1) is 77.2. The molecule has 476 valence electrons. The molecule has 0 radical (unpaired) electrons. The molecular formula is C72H135NO8.